The van der Waals surface area contributed by atoms with Gasteiger partial charge in [0.1, 0.15) is 0 Å². The van der Waals surface area contributed by atoms with Gasteiger partial charge in [0.05, 0.1) is 0 Å². The van der Waals surface area contributed by atoms with Gasteiger partial charge in [-0.05, 0) is 37.0 Å². The summed E-state index contributed by atoms with van der Waals surface area (Å²) in [4.78, 5) is 0. The number of allylic oxidation sites excluding steroid dienone is 6. The molecule has 0 atom stereocenters. The molecule has 0 unspecified atom stereocenters. The molecule has 0 saturated carbocycles. The van der Waals surface area contributed by atoms with Gasteiger partial charge in [0.15, 0.2) is 0 Å². The van der Waals surface area contributed by atoms with Crippen LogP contribution in [0.3, 0.4) is 0 Å². The molecular formula is C15H16. The van der Waals surface area contributed by atoms with Crippen molar-refractivity contribution in [2.75, 3.05) is 0 Å². The van der Waals surface area contributed by atoms with Crippen molar-refractivity contribution in [3.05, 3.63) is 65.3 Å². The van der Waals surface area contributed by atoms with Crippen molar-refractivity contribution in [2.24, 2.45) is 0 Å². The molecule has 1 aromatic rings. The summed E-state index contributed by atoms with van der Waals surface area (Å²) in [6.07, 6.45) is 7.72. The third-order valence-electron chi connectivity index (χ3n) is 2.82. The minimum Gasteiger partial charge on any atom is -0.0772 e. The lowest BCUT2D eigenvalue weighted by molar-refractivity contribution is 1.33. The van der Waals surface area contributed by atoms with E-state index < -0.39 is 0 Å². The van der Waals surface area contributed by atoms with Crippen molar-refractivity contribution in [1.82, 2.24) is 0 Å². The van der Waals surface area contributed by atoms with Crippen LogP contribution >= 0.6 is 0 Å². The van der Waals surface area contributed by atoms with E-state index in [-0.39, 0.29) is 0 Å². The molecule has 0 nitrogen and oxygen atoms in total. The Bertz CT molecular complexity index is 430. The van der Waals surface area contributed by atoms with Crippen LogP contribution in [0, 0.1) is 0 Å². The van der Waals surface area contributed by atoms with Crippen LogP contribution in [0.25, 0.3) is 5.57 Å². The van der Waals surface area contributed by atoms with Gasteiger partial charge in [-0.25, -0.2) is 0 Å². The minimum atomic E-state index is 1.04. The van der Waals surface area contributed by atoms with Crippen molar-refractivity contribution in [1.29, 1.82) is 0 Å². The first-order valence-electron chi connectivity index (χ1n) is 5.37. The van der Waals surface area contributed by atoms with E-state index in [4.69, 9.17) is 0 Å². The molecule has 76 valence electrons. The van der Waals surface area contributed by atoms with Crippen molar-refractivity contribution >= 4 is 5.57 Å². The molecule has 0 aliphatic heterocycles. The average Bonchev–Trinajstić information content (AvgIpc) is 2.43. The molecular weight excluding hydrogens is 180 g/mol. The van der Waals surface area contributed by atoms with E-state index in [2.05, 4.69) is 62.4 Å². The zero-order valence-corrected chi connectivity index (χ0v) is 9.33. The average molecular weight is 196 g/mol. The standard InChI is InChI=1S/C15H16/c1-12-8-10-13(2)15(11-9-12)14-6-4-3-5-7-14/h3-10H,11H2,1-2H3. The first kappa shape index (κ1) is 9.97. The van der Waals surface area contributed by atoms with E-state index in [1.165, 1.54) is 22.3 Å². The van der Waals surface area contributed by atoms with Gasteiger partial charge in [-0.2, -0.15) is 0 Å². The van der Waals surface area contributed by atoms with Gasteiger partial charge in [0.2, 0.25) is 0 Å². The Balaban J connectivity index is 2.41. The Morgan fingerprint density at radius 3 is 2.40 bits per heavy atom. The van der Waals surface area contributed by atoms with Gasteiger partial charge >= 0.3 is 0 Å². The van der Waals surface area contributed by atoms with Crippen LogP contribution in [-0.2, 0) is 0 Å². The molecule has 0 heteroatoms. The normalized spacial score (nSPS) is 16.3. The quantitative estimate of drug-likeness (QED) is 0.625. The second-order valence-corrected chi connectivity index (χ2v) is 4.01. The molecule has 0 aromatic heterocycles. The van der Waals surface area contributed by atoms with Crippen LogP contribution in [0.4, 0.5) is 0 Å². The molecule has 1 aromatic carbocycles. The fourth-order valence-electron chi connectivity index (χ4n) is 1.83. The van der Waals surface area contributed by atoms with Crippen LogP contribution in [0.5, 0.6) is 0 Å². The summed E-state index contributed by atoms with van der Waals surface area (Å²) >= 11 is 0. The fraction of sp³-hybridized carbons (Fsp3) is 0.200. The minimum absolute atomic E-state index is 1.04. The Kier molecular flexibility index (Phi) is 2.86. The lowest BCUT2D eigenvalue weighted by Crippen LogP contribution is -1.85. The Labute approximate surface area is 91.6 Å². The third-order valence-corrected chi connectivity index (χ3v) is 2.82. The Morgan fingerprint density at radius 2 is 1.67 bits per heavy atom. The predicted octanol–water partition coefficient (Wildman–Crippen LogP) is 4.37. The first-order valence-corrected chi connectivity index (χ1v) is 5.37. The second kappa shape index (κ2) is 4.31. The summed E-state index contributed by atoms with van der Waals surface area (Å²) in [5, 5.41) is 0. The zero-order chi connectivity index (χ0) is 10.7. The molecule has 15 heavy (non-hydrogen) atoms. The maximum atomic E-state index is 2.29. The number of rotatable bonds is 1. The van der Waals surface area contributed by atoms with E-state index in [1.807, 2.05) is 0 Å². The molecule has 0 N–H and O–H groups in total. The molecule has 2 rings (SSSR count). The SMILES string of the molecule is CC1=CCC(c2ccccc2)=C(C)C=C1. The maximum absolute atomic E-state index is 2.29. The van der Waals surface area contributed by atoms with Crippen molar-refractivity contribution in [3.8, 4) is 0 Å². The lowest BCUT2D eigenvalue weighted by atomic mass is 9.98. The van der Waals surface area contributed by atoms with E-state index in [0.717, 1.165) is 6.42 Å². The predicted molar refractivity (Wildman–Crippen MR) is 66.6 cm³/mol. The van der Waals surface area contributed by atoms with Crippen LogP contribution in [0.15, 0.2) is 59.7 Å². The highest BCUT2D eigenvalue weighted by Gasteiger charge is 2.04. The molecule has 0 heterocycles. The van der Waals surface area contributed by atoms with Gasteiger partial charge in [0.25, 0.3) is 0 Å². The van der Waals surface area contributed by atoms with Gasteiger partial charge in [0, 0.05) is 0 Å². The third kappa shape index (κ3) is 2.27. The Morgan fingerprint density at radius 1 is 0.933 bits per heavy atom. The summed E-state index contributed by atoms with van der Waals surface area (Å²) in [5.41, 5.74) is 5.49. The van der Waals surface area contributed by atoms with Crippen molar-refractivity contribution < 1.29 is 0 Å². The second-order valence-electron chi connectivity index (χ2n) is 4.01. The number of benzene rings is 1. The molecule has 1 aliphatic carbocycles. The first-order chi connectivity index (χ1) is 7.27. The number of hydrogen-bond donors (Lipinski definition) is 0. The van der Waals surface area contributed by atoms with Crippen LogP contribution < -0.4 is 0 Å². The molecule has 0 fully saturated rings. The smallest absolute Gasteiger partial charge is 0.00832 e. The zero-order valence-electron chi connectivity index (χ0n) is 9.33. The molecule has 0 saturated heterocycles. The summed E-state index contributed by atoms with van der Waals surface area (Å²) in [6.45, 7) is 4.34. The van der Waals surface area contributed by atoms with Crippen molar-refractivity contribution in [3.63, 3.8) is 0 Å². The van der Waals surface area contributed by atoms with E-state index in [1.54, 1.807) is 0 Å². The van der Waals surface area contributed by atoms with Gasteiger partial charge in [-0.3, -0.25) is 0 Å². The highest BCUT2D eigenvalue weighted by atomic mass is 14.1. The molecule has 0 bridgehead atoms. The molecule has 0 radical (unpaired) electrons. The summed E-state index contributed by atoms with van der Waals surface area (Å²) in [5.74, 6) is 0. The van der Waals surface area contributed by atoms with E-state index in [0.29, 0.717) is 0 Å². The molecule has 0 amide bonds. The lowest BCUT2D eigenvalue weighted by Gasteiger charge is -2.07. The van der Waals surface area contributed by atoms with Crippen LogP contribution in [-0.4, -0.2) is 0 Å². The highest BCUT2D eigenvalue weighted by molar-refractivity contribution is 5.72. The maximum Gasteiger partial charge on any atom is -0.00832 e. The topological polar surface area (TPSA) is 0 Å². The van der Waals surface area contributed by atoms with Crippen molar-refractivity contribution in [2.45, 2.75) is 20.3 Å². The fourth-order valence-corrected chi connectivity index (χ4v) is 1.83. The van der Waals surface area contributed by atoms with Gasteiger partial charge < -0.3 is 0 Å². The van der Waals surface area contributed by atoms with Gasteiger partial charge in [-0.15, -0.1) is 0 Å². The molecule has 0 spiro atoms. The van der Waals surface area contributed by atoms with Crippen LogP contribution in [0.1, 0.15) is 25.8 Å². The summed E-state index contributed by atoms with van der Waals surface area (Å²) in [6, 6.07) is 10.6. The van der Waals surface area contributed by atoms with Gasteiger partial charge in [-0.1, -0.05) is 54.1 Å². The van der Waals surface area contributed by atoms with E-state index in [9.17, 15) is 0 Å². The summed E-state index contributed by atoms with van der Waals surface area (Å²) in [7, 11) is 0. The summed E-state index contributed by atoms with van der Waals surface area (Å²) < 4.78 is 0. The Hall–Kier alpha value is -1.56. The largest absolute Gasteiger partial charge is 0.0772 e. The van der Waals surface area contributed by atoms with E-state index >= 15 is 0 Å². The van der Waals surface area contributed by atoms with Crippen LogP contribution in [0.2, 0.25) is 0 Å². The monoisotopic (exact) mass is 196 g/mol. The number of hydrogen-bond acceptors (Lipinski definition) is 0. The highest BCUT2D eigenvalue weighted by Crippen LogP contribution is 2.26. The molecule has 1 aliphatic rings.